The standard InChI is InChI=1S/C17H20ClN5O3/c1-21-16(25)14(15(24)19-8-11-22-9-2-3-10-22)20-23(17(21)26)13-6-4-12(18)5-7-13/h4-7H,2-3,8-11H2,1H3,(H,19,24). The number of likely N-dealkylation sites (tertiary alicyclic amines) is 1. The fourth-order valence-electron chi connectivity index (χ4n) is 2.88. The molecule has 138 valence electrons. The molecule has 0 saturated carbocycles. The summed E-state index contributed by atoms with van der Waals surface area (Å²) >= 11 is 5.86. The Morgan fingerprint density at radius 3 is 2.50 bits per heavy atom. The average Bonchev–Trinajstić information content (AvgIpc) is 3.14. The predicted octanol–water partition coefficient (Wildman–Crippen LogP) is 0.410. The van der Waals surface area contributed by atoms with Crippen LogP contribution in [0.5, 0.6) is 0 Å². The molecular formula is C17H20ClN5O3. The third-order valence-corrected chi connectivity index (χ3v) is 4.63. The zero-order valence-corrected chi connectivity index (χ0v) is 15.2. The molecule has 0 aliphatic carbocycles. The number of nitrogens with zero attached hydrogens (tertiary/aromatic N) is 4. The molecule has 0 spiro atoms. The van der Waals surface area contributed by atoms with E-state index in [0.29, 0.717) is 17.3 Å². The summed E-state index contributed by atoms with van der Waals surface area (Å²) in [4.78, 5) is 39.3. The number of nitrogens with one attached hydrogen (secondary N) is 1. The number of amides is 1. The zero-order chi connectivity index (χ0) is 18.7. The van der Waals surface area contributed by atoms with Gasteiger partial charge in [0.05, 0.1) is 5.69 Å². The van der Waals surface area contributed by atoms with Gasteiger partial charge in [-0.15, -0.1) is 0 Å². The van der Waals surface area contributed by atoms with Gasteiger partial charge in [0.1, 0.15) is 0 Å². The second kappa shape index (κ2) is 7.84. The summed E-state index contributed by atoms with van der Waals surface area (Å²) in [5.74, 6) is -0.590. The van der Waals surface area contributed by atoms with Gasteiger partial charge in [0.25, 0.3) is 11.5 Å². The summed E-state index contributed by atoms with van der Waals surface area (Å²) in [6, 6.07) is 6.39. The molecule has 2 aromatic rings. The molecule has 9 heteroatoms. The van der Waals surface area contributed by atoms with Gasteiger partial charge >= 0.3 is 5.69 Å². The second-order valence-corrected chi connectivity index (χ2v) is 6.62. The van der Waals surface area contributed by atoms with E-state index in [1.165, 1.54) is 19.9 Å². The molecule has 1 aliphatic rings. The predicted molar refractivity (Wildman–Crippen MR) is 98.1 cm³/mol. The van der Waals surface area contributed by atoms with E-state index in [4.69, 9.17) is 11.6 Å². The van der Waals surface area contributed by atoms with E-state index in [1.807, 2.05) is 0 Å². The molecule has 26 heavy (non-hydrogen) atoms. The van der Waals surface area contributed by atoms with Gasteiger partial charge in [-0.05, 0) is 50.2 Å². The number of halogens is 1. The van der Waals surface area contributed by atoms with Crippen LogP contribution in [0.2, 0.25) is 5.02 Å². The number of carbonyl (C=O) groups is 1. The highest BCUT2D eigenvalue weighted by molar-refractivity contribution is 6.30. The van der Waals surface area contributed by atoms with Crippen LogP contribution in [0.4, 0.5) is 0 Å². The Balaban J connectivity index is 1.84. The van der Waals surface area contributed by atoms with Crippen molar-refractivity contribution in [3.05, 3.63) is 55.8 Å². The fraction of sp³-hybridized carbons (Fsp3) is 0.412. The van der Waals surface area contributed by atoms with Gasteiger partial charge in [-0.1, -0.05) is 11.6 Å². The maximum Gasteiger partial charge on any atom is 0.351 e. The van der Waals surface area contributed by atoms with Crippen LogP contribution in [0.3, 0.4) is 0 Å². The van der Waals surface area contributed by atoms with Crippen molar-refractivity contribution in [3.63, 3.8) is 0 Å². The highest BCUT2D eigenvalue weighted by Crippen LogP contribution is 2.11. The topological polar surface area (TPSA) is 89.2 Å². The molecule has 0 radical (unpaired) electrons. The molecule has 1 N–H and O–H groups in total. The lowest BCUT2D eigenvalue weighted by molar-refractivity contribution is 0.0940. The summed E-state index contributed by atoms with van der Waals surface area (Å²) in [5, 5.41) is 7.20. The van der Waals surface area contributed by atoms with Crippen molar-refractivity contribution >= 4 is 17.5 Å². The van der Waals surface area contributed by atoms with Crippen molar-refractivity contribution in [3.8, 4) is 5.69 Å². The Hall–Kier alpha value is -2.45. The van der Waals surface area contributed by atoms with E-state index in [1.54, 1.807) is 24.3 Å². The van der Waals surface area contributed by atoms with Gasteiger partial charge in [0.2, 0.25) is 5.69 Å². The summed E-state index contributed by atoms with van der Waals surface area (Å²) in [6.07, 6.45) is 2.34. The highest BCUT2D eigenvalue weighted by atomic mass is 35.5. The minimum Gasteiger partial charge on any atom is -0.349 e. The highest BCUT2D eigenvalue weighted by Gasteiger charge is 2.19. The molecule has 0 atom stereocenters. The molecule has 8 nitrogen and oxygen atoms in total. The minimum absolute atomic E-state index is 0.316. The summed E-state index contributed by atoms with van der Waals surface area (Å²) in [5.41, 5.74) is -1.26. The molecule has 0 bridgehead atoms. The molecule has 1 aliphatic heterocycles. The number of carbonyl (C=O) groups excluding carboxylic acids is 1. The van der Waals surface area contributed by atoms with Crippen LogP contribution in [0.15, 0.2) is 33.9 Å². The van der Waals surface area contributed by atoms with E-state index in [0.717, 1.165) is 28.9 Å². The van der Waals surface area contributed by atoms with Crippen LogP contribution >= 0.6 is 11.6 Å². The molecule has 1 saturated heterocycles. The van der Waals surface area contributed by atoms with Crippen LogP contribution in [0.25, 0.3) is 5.69 Å². The number of hydrogen-bond acceptors (Lipinski definition) is 5. The van der Waals surface area contributed by atoms with E-state index < -0.39 is 17.2 Å². The second-order valence-electron chi connectivity index (χ2n) is 6.19. The lowest BCUT2D eigenvalue weighted by Gasteiger charge is -2.14. The lowest BCUT2D eigenvalue weighted by Crippen LogP contribution is -2.45. The van der Waals surface area contributed by atoms with Gasteiger partial charge in [-0.25, -0.2) is 4.79 Å². The first-order valence-electron chi connectivity index (χ1n) is 8.44. The molecular weight excluding hydrogens is 358 g/mol. The van der Waals surface area contributed by atoms with Crippen molar-refractivity contribution in [1.29, 1.82) is 0 Å². The Morgan fingerprint density at radius 2 is 1.85 bits per heavy atom. The average molecular weight is 378 g/mol. The molecule has 3 rings (SSSR count). The Kier molecular flexibility index (Phi) is 5.53. The first-order valence-corrected chi connectivity index (χ1v) is 8.82. The SMILES string of the molecule is Cn1c(=O)c(C(=O)NCCN2CCCC2)nn(-c2ccc(Cl)cc2)c1=O. The van der Waals surface area contributed by atoms with Crippen molar-refractivity contribution in [1.82, 2.24) is 24.6 Å². The molecule has 1 aromatic carbocycles. The van der Waals surface area contributed by atoms with E-state index >= 15 is 0 Å². The van der Waals surface area contributed by atoms with Gasteiger partial charge in [0, 0.05) is 25.2 Å². The van der Waals surface area contributed by atoms with Crippen LogP contribution in [-0.4, -0.2) is 51.3 Å². The van der Waals surface area contributed by atoms with Crippen molar-refractivity contribution < 1.29 is 4.79 Å². The number of benzene rings is 1. The quantitative estimate of drug-likeness (QED) is 0.815. The van der Waals surface area contributed by atoms with Crippen LogP contribution < -0.4 is 16.6 Å². The fourth-order valence-corrected chi connectivity index (χ4v) is 3.01. The van der Waals surface area contributed by atoms with Crippen LogP contribution in [-0.2, 0) is 7.05 Å². The monoisotopic (exact) mass is 377 g/mol. The maximum atomic E-state index is 12.4. The summed E-state index contributed by atoms with van der Waals surface area (Å²) in [6.45, 7) is 3.20. The Labute approximate surface area is 155 Å². The smallest absolute Gasteiger partial charge is 0.349 e. The third-order valence-electron chi connectivity index (χ3n) is 4.37. The summed E-state index contributed by atoms with van der Waals surface area (Å²) < 4.78 is 1.89. The van der Waals surface area contributed by atoms with Gasteiger partial charge in [-0.3, -0.25) is 14.2 Å². The van der Waals surface area contributed by atoms with Crippen molar-refractivity contribution in [2.45, 2.75) is 12.8 Å². The van der Waals surface area contributed by atoms with Crippen LogP contribution in [0.1, 0.15) is 23.3 Å². The van der Waals surface area contributed by atoms with Gasteiger partial charge in [0.15, 0.2) is 0 Å². The molecule has 1 fully saturated rings. The largest absolute Gasteiger partial charge is 0.351 e. The van der Waals surface area contributed by atoms with Crippen molar-refractivity contribution in [2.75, 3.05) is 26.2 Å². The van der Waals surface area contributed by atoms with E-state index in [9.17, 15) is 14.4 Å². The van der Waals surface area contributed by atoms with Crippen LogP contribution in [0, 0.1) is 0 Å². The Bertz CT molecular complexity index is 913. The molecule has 0 unspecified atom stereocenters. The normalized spacial score (nSPS) is 14.5. The maximum absolute atomic E-state index is 12.4. The number of hydrogen-bond donors (Lipinski definition) is 1. The minimum atomic E-state index is -0.723. The van der Waals surface area contributed by atoms with Crippen molar-refractivity contribution in [2.24, 2.45) is 7.05 Å². The Morgan fingerprint density at radius 1 is 1.19 bits per heavy atom. The first-order chi connectivity index (χ1) is 12.5. The number of aromatic nitrogens is 3. The van der Waals surface area contributed by atoms with Gasteiger partial charge < -0.3 is 10.2 Å². The lowest BCUT2D eigenvalue weighted by atomic mass is 10.3. The van der Waals surface area contributed by atoms with Gasteiger partial charge in [-0.2, -0.15) is 9.78 Å². The summed E-state index contributed by atoms with van der Waals surface area (Å²) in [7, 11) is 1.32. The molecule has 1 aromatic heterocycles. The number of rotatable bonds is 5. The zero-order valence-electron chi connectivity index (χ0n) is 14.4. The molecule has 2 heterocycles. The first kappa shape index (κ1) is 18.3. The van der Waals surface area contributed by atoms with E-state index in [2.05, 4.69) is 15.3 Å². The molecule has 1 amide bonds. The third kappa shape index (κ3) is 3.86. The van der Waals surface area contributed by atoms with E-state index in [-0.39, 0.29) is 5.69 Å².